The van der Waals surface area contributed by atoms with E-state index in [1.54, 1.807) is 19.2 Å². The highest BCUT2D eigenvalue weighted by Crippen LogP contribution is 2.44. The summed E-state index contributed by atoms with van der Waals surface area (Å²) in [7, 11) is 1.76. The Kier molecular flexibility index (Phi) is 5.12. The summed E-state index contributed by atoms with van der Waals surface area (Å²) in [5.41, 5.74) is 0.628. The summed E-state index contributed by atoms with van der Waals surface area (Å²) in [4.78, 5) is 4.19. The van der Waals surface area contributed by atoms with Gasteiger partial charge < -0.3 is 10.6 Å². The number of nitrogens with zero attached hydrogens (tertiary/aromatic N) is 1. The van der Waals surface area contributed by atoms with Crippen molar-refractivity contribution in [2.24, 2.45) is 4.99 Å². The Labute approximate surface area is 140 Å². The second kappa shape index (κ2) is 6.47. The Morgan fingerprint density at radius 1 is 1.35 bits per heavy atom. The van der Waals surface area contributed by atoms with Crippen LogP contribution in [0.1, 0.15) is 30.7 Å². The summed E-state index contributed by atoms with van der Waals surface area (Å²) in [6, 6.07) is 5.62. The van der Waals surface area contributed by atoms with Crippen LogP contribution in [0.2, 0.25) is 5.02 Å². The number of aliphatic imine (C=N–C) groups is 1. The van der Waals surface area contributed by atoms with Crippen LogP contribution in [0, 0.1) is 5.82 Å². The predicted octanol–water partition coefficient (Wildman–Crippen LogP) is 3.28. The topological polar surface area (TPSA) is 36.4 Å². The minimum absolute atomic E-state index is 0. The van der Waals surface area contributed by atoms with Crippen molar-refractivity contribution in [1.29, 1.82) is 0 Å². The fraction of sp³-hybridized carbons (Fsp3) is 0.500. The van der Waals surface area contributed by atoms with E-state index < -0.39 is 0 Å². The van der Waals surface area contributed by atoms with Crippen molar-refractivity contribution in [2.45, 2.75) is 37.3 Å². The van der Waals surface area contributed by atoms with E-state index in [9.17, 15) is 4.39 Å². The largest absolute Gasteiger partial charge is 0.354 e. The minimum Gasteiger partial charge on any atom is -0.354 e. The summed E-state index contributed by atoms with van der Waals surface area (Å²) < 4.78 is 13.8. The lowest BCUT2D eigenvalue weighted by atomic mass is 10.1. The van der Waals surface area contributed by atoms with Crippen LogP contribution >= 0.6 is 35.6 Å². The van der Waals surface area contributed by atoms with E-state index in [-0.39, 0.29) is 41.8 Å². The first-order chi connectivity index (χ1) is 9.19. The number of benzene rings is 1. The summed E-state index contributed by atoms with van der Waals surface area (Å²) in [6.45, 7) is 0. The maximum Gasteiger partial charge on any atom is 0.191 e. The van der Waals surface area contributed by atoms with E-state index in [1.807, 2.05) is 0 Å². The van der Waals surface area contributed by atoms with Crippen molar-refractivity contribution in [3.8, 4) is 0 Å². The molecule has 0 spiro atoms. The zero-order valence-electron chi connectivity index (χ0n) is 11.2. The van der Waals surface area contributed by atoms with Gasteiger partial charge in [0.25, 0.3) is 0 Å². The molecule has 1 aromatic carbocycles. The number of hydrogen-bond donors (Lipinski definition) is 2. The van der Waals surface area contributed by atoms with E-state index in [0.717, 1.165) is 12.4 Å². The van der Waals surface area contributed by atoms with Crippen LogP contribution in [0.25, 0.3) is 0 Å². The molecule has 2 fully saturated rings. The molecular formula is C14H18ClFIN3. The molecule has 20 heavy (non-hydrogen) atoms. The van der Waals surface area contributed by atoms with Gasteiger partial charge in [0.2, 0.25) is 0 Å². The van der Waals surface area contributed by atoms with E-state index in [1.165, 1.54) is 18.9 Å². The van der Waals surface area contributed by atoms with Crippen molar-refractivity contribution >= 4 is 41.5 Å². The number of nitrogens with one attached hydrogen (secondary N) is 2. The second-order valence-electron chi connectivity index (χ2n) is 5.22. The van der Waals surface area contributed by atoms with Crippen molar-refractivity contribution in [1.82, 2.24) is 10.6 Å². The van der Waals surface area contributed by atoms with E-state index in [4.69, 9.17) is 11.6 Å². The first-order valence-corrected chi connectivity index (χ1v) is 7.00. The molecule has 3 rings (SSSR count). The smallest absolute Gasteiger partial charge is 0.191 e. The molecule has 2 unspecified atom stereocenters. The Bertz CT molecular complexity index is 499. The van der Waals surface area contributed by atoms with E-state index in [0.29, 0.717) is 16.6 Å². The molecule has 0 amide bonds. The minimum atomic E-state index is -0.216. The molecule has 2 N–H and O–H groups in total. The zero-order valence-corrected chi connectivity index (χ0v) is 14.3. The third-order valence-electron chi connectivity index (χ3n) is 3.62. The van der Waals surface area contributed by atoms with Crippen LogP contribution in [0.3, 0.4) is 0 Å². The van der Waals surface area contributed by atoms with Gasteiger partial charge in [-0.15, -0.1) is 24.0 Å². The Morgan fingerprint density at radius 3 is 2.70 bits per heavy atom. The Hall–Kier alpha value is -0.560. The van der Waals surface area contributed by atoms with Crippen molar-refractivity contribution in [2.75, 3.05) is 7.05 Å². The molecule has 6 heteroatoms. The molecule has 0 saturated heterocycles. The lowest BCUT2D eigenvalue weighted by Crippen LogP contribution is -2.40. The molecule has 0 heterocycles. The van der Waals surface area contributed by atoms with Gasteiger partial charge in [0.15, 0.2) is 5.96 Å². The highest BCUT2D eigenvalue weighted by atomic mass is 127. The third-order valence-corrected chi connectivity index (χ3v) is 3.95. The summed E-state index contributed by atoms with van der Waals surface area (Å²) in [5, 5.41) is 7.17. The van der Waals surface area contributed by atoms with Crippen LogP contribution in [0.4, 0.5) is 4.39 Å². The normalized spacial score (nSPS) is 24.9. The summed E-state index contributed by atoms with van der Waals surface area (Å²) >= 11 is 6.08. The van der Waals surface area contributed by atoms with Crippen LogP contribution in [0.5, 0.6) is 0 Å². The van der Waals surface area contributed by atoms with Crippen LogP contribution in [-0.2, 0) is 0 Å². The van der Waals surface area contributed by atoms with Gasteiger partial charge in [-0.1, -0.05) is 17.7 Å². The van der Waals surface area contributed by atoms with Gasteiger partial charge in [0.1, 0.15) is 5.82 Å². The van der Waals surface area contributed by atoms with Gasteiger partial charge in [-0.05, 0) is 31.4 Å². The van der Waals surface area contributed by atoms with Crippen LogP contribution < -0.4 is 10.6 Å². The molecule has 0 bridgehead atoms. The summed E-state index contributed by atoms with van der Waals surface area (Å²) in [6.07, 6.45) is 3.30. The first kappa shape index (κ1) is 15.8. The molecule has 1 aromatic rings. The number of rotatable bonds is 3. The number of halogens is 3. The highest BCUT2D eigenvalue weighted by molar-refractivity contribution is 14.0. The van der Waals surface area contributed by atoms with Gasteiger partial charge in [-0.3, -0.25) is 4.99 Å². The lowest BCUT2D eigenvalue weighted by Gasteiger charge is -2.11. The van der Waals surface area contributed by atoms with Crippen molar-refractivity contribution in [3.63, 3.8) is 0 Å². The summed E-state index contributed by atoms with van der Waals surface area (Å²) in [5.74, 6) is 0.737. The quantitative estimate of drug-likeness (QED) is 0.457. The zero-order chi connectivity index (χ0) is 13.4. The molecule has 2 aliphatic carbocycles. The van der Waals surface area contributed by atoms with Crippen LogP contribution in [-0.4, -0.2) is 25.1 Å². The molecule has 0 aliphatic heterocycles. The second-order valence-corrected chi connectivity index (χ2v) is 5.63. The fourth-order valence-corrected chi connectivity index (χ4v) is 2.61. The van der Waals surface area contributed by atoms with Gasteiger partial charge in [0, 0.05) is 35.6 Å². The van der Waals surface area contributed by atoms with Gasteiger partial charge in [-0.2, -0.15) is 0 Å². The monoisotopic (exact) mass is 409 g/mol. The average Bonchev–Trinajstić information content (AvgIpc) is 3.26. The molecule has 2 saturated carbocycles. The van der Waals surface area contributed by atoms with E-state index in [2.05, 4.69) is 15.6 Å². The molecule has 0 radical (unpaired) electrons. The Balaban J connectivity index is 0.00000147. The van der Waals surface area contributed by atoms with Crippen molar-refractivity contribution in [3.05, 3.63) is 34.6 Å². The molecule has 0 aromatic heterocycles. The van der Waals surface area contributed by atoms with Crippen LogP contribution in [0.15, 0.2) is 23.2 Å². The highest BCUT2D eigenvalue weighted by Gasteiger charge is 2.42. The van der Waals surface area contributed by atoms with Crippen molar-refractivity contribution < 1.29 is 4.39 Å². The van der Waals surface area contributed by atoms with Gasteiger partial charge >= 0.3 is 0 Å². The fourth-order valence-electron chi connectivity index (χ4n) is 2.31. The van der Waals surface area contributed by atoms with E-state index >= 15 is 0 Å². The maximum absolute atomic E-state index is 13.8. The SMILES string of the molecule is CN=C(NC1CC1)NC1CC1c1c(F)cccc1Cl.I. The maximum atomic E-state index is 13.8. The molecule has 3 nitrogen and oxygen atoms in total. The van der Waals surface area contributed by atoms with Gasteiger partial charge in [0.05, 0.1) is 0 Å². The number of hydrogen-bond acceptors (Lipinski definition) is 1. The van der Waals surface area contributed by atoms with Gasteiger partial charge in [-0.25, -0.2) is 4.39 Å². The third kappa shape index (κ3) is 3.55. The first-order valence-electron chi connectivity index (χ1n) is 6.63. The number of guanidine groups is 1. The Morgan fingerprint density at radius 2 is 2.10 bits per heavy atom. The standard InChI is InChI=1S/C14H17ClFN3.HI/c1-17-14(18-8-5-6-8)19-12-7-9(12)13-10(15)3-2-4-11(13)16;/h2-4,8-9,12H,5-7H2,1H3,(H2,17,18,19);1H. The molecule has 2 atom stereocenters. The molecule has 2 aliphatic rings. The molecule has 110 valence electrons. The molecular weight excluding hydrogens is 392 g/mol. The average molecular weight is 410 g/mol. The lowest BCUT2D eigenvalue weighted by molar-refractivity contribution is 0.608. The predicted molar refractivity (Wildman–Crippen MR) is 90.6 cm³/mol.